The number of benzene rings is 1. The van der Waals surface area contributed by atoms with E-state index in [0.29, 0.717) is 12.1 Å². The number of hydrogen-bond donors (Lipinski definition) is 1. The summed E-state index contributed by atoms with van der Waals surface area (Å²) in [6, 6.07) is 5.30. The van der Waals surface area contributed by atoms with Gasteiger partial charge in [0.05, 0.1) is 25.3 Å². The Labute approximate surface area is 96.2 Å². The van der Waals surface area contributed by atoms with Gasteiger partial charge in [0.15, 0.2) is 0 Å². The Kier molecular flexibility index (Phi) is 2.11. The number of nitrogens with two attached hydrogens (primary N) is 1. The van der Waals surface area contributed by atoms with Crippen molar-refractivity contribution in [1.82, 2.24) is 0 Å². The minimum atomic E-state index is 0.583. The van der Waals surface area contributed by atoms with Crippen molar-refractivity contribution in [2.75, 3.05) is 23.8 Å². The molecular weight excluding hydrogens is 200 g/mol. The van der Waals surface area contributed by atoms with Crippen LogP contribution in [0.25, 0.3) is 0 Å². The first-order chi connectivity index (χ1) is 7.66. The maximum atomic E-state index is 5.86. The lowest BCUT2D eigenvalue weighted by Crippen LogP contribution is -2.64. The van der Waals surface area contributed by atoms with E-state index in [4.69, 9.17) is 10.5 Å². The lowest BCUT2D eigenvalue weighted by Gasteiger charge is -2.54. The SMILES string of the molecule is Cc1cc(N)cc(C)c1N1C2COCC1C2. The Hall–Kier alpha value is -1.22. The molecule has 2 atom stereocenters. The van der Waals surface area contributed by atoms with Crippen LogP contribution in [0, 0.1) is 13.8 Å². The Morgan fingerprint density at radius 3 is 2.25 bits per heavy atom. The van der Waals surface area contributed by atoms with Gasteiger partial charge in [0.2, 0.25) is 0 Å². The van der Waals surface area contributed by atoms with E-state index in [9.17, 15) is 0 Å². The number of fused-ring (bicyclic) bond motifs is 2. The van der Waals surface area contributed by atoms with Crippen molar-refractivity contribution in [3.63, 3.8) is 0 Å². The lowest BCUT2D eigenvalue weighted by atomic mass is 9.88. The summed E-state index contributed by atoms with van der Waals surface area (Å²) in [6.45, 7) is 6.04. The maximum absolute atomic E-state index is 5.86. The molecule has 1 aromatic carbocycles. The van der Waals surface area contributed by atoms with Gasteiger partial charge in [0.1, 0.15) is 0 Å². The monoisotopic (exact) mass is 218 g/mol. The smallest absolute Gasteiger partial charge is 0.0672 e. The van der Waals surface area contributed by atoms with Crippen molar-refractivity contribution in [1.29, 1.82) is 0 Å². The second kappa shape index (κ2) is 3.39. The third kappa shape index (κ3) is 1.31. The van der Waals surface area contributed by atoms with E-state index in [1.807, 2.05) is 0 Å². The number of hydrogen-bond acceptors (Lipinski definition) is 3. The van der Waals surface area contributed by atoms with Gasteiger partial charge in [-0.2, -0.15) is 0 Å². The predicted octanol–water partition coefficient (Wildman–Crippen LogP) is 1.86. The number of nitrogen functional groups attached to an aromatic ring is 1. The molecule has 3 heteroatoms. The van der Waals surface area contributed by atoms with Crippen LogP contribution in [0.3, 0.4) is 0 Å². The Morgan fingerprint density at radius 1 is 1.19 bits per heavy atom. The summed E-state index contributed by atoms with van der Waals surface area (Å²) in [7, 11) is 0. The average Bonchev–Trinajstić information content (AvgIpc) is 2.24. The number of aryl methyl sites for hydroxylation is 2. The highest BCUT2D eigenvalue weighted by Gasteiger charge is 2.43. The second-order valence-corrected chi connectivity index (χ2v) is 4.99. The van der Waals surface area contributed by atoms with Gasteiger partial charge in [-0.3, -0.25) is 0 Å². The maximum Gasteiger partial charge on any atom is 0.0672 e. The first kappa shape index (κ1) is 9.97. The minimum absolute atomic E-state index is 0.583. The average molecular weight is 218 g/mol. The quantitative estimate of drug-likeness (QED) is 0.731. The van der Waals surface area contributed by atoms with Crippen molar-refractivity contribution < 1.29 is 4.74 Å². The molecule has 2 heterocycles. The van der Waals surface area contributed by atoms with E-state index in [2.05, 4.69) is 30.9 Å². The number of rotatable bonds is 1. The van der Waals surface area contributed by atoms with Crippen molar-refractivity contribution >= 4 is 11.4 Å². The zero-order chi connectivity index (χ0) is 11.3. The highest BCUT2D eigenvalue weighted by atomic mass is 16.5. The van der Waals surface area contributed by atoms with Crippen LogP contribution in [-0.2, 0) is 4.74 Å². The summed E-state index contributed by atoms with van der Waals surface area (Å²) in [5.41, 5.74) is 10.7. The van der Waals surface area contributed by atoms with E-state index in [1.165, 1.54) is 23.2 Å². The van der Waals surface area contributed by atoms with Gasteiger partial charge in [0.25, 0.3) is 0 Å². The molecule has 2 aliphatic heterocycles. The predicted molar refractivity (Wildman–Crippen MR) is 65.8 cm³/mol. The lowest BCUT2D eigenvalue weighted by molar-refractivity contribution is 0.0101. The highest BCUT2D eigenvalue weighted by Crippen LogP contribution is 2.40. The minimum Gasteiger partial charge on any atom is -0.399 e. The summed E-state index contributed by atoms with van der Waals surface area (Å²) in [6.07, 6.45) is 1.28. The fourth-order valence-corrected chi connectivity index (χ4v) is 3.10. The summed E-state index contributed by atoms with van der Waals surface area (Å²) in [5, 5.41) is 0. The Morgan fingerprint density at radius 2 is 1.75 bits per heavy atom. The fourth-order valence-electron chi connectivity index (χ4n) is 3.10. The van der Waals surface area contributed by atoms with Crippen molar-refractivity contribution in [2.24, 2.45) is 0 Å². The van der Waals surface area contributed by atoms with Gasteiger partial charge in [-0.15, -0.1) is 0 Å². The molecule has 2 saturated heterocycles. The number of nitrogens with zero attached hydrogens (tertiary/aromatic N) is 1. The van der Waals surface area contributed by atoms with Crippen LogP contribution in [0.4, 0.5) is 11.4 Å². The molecule has 1 aromatic rings. The van der Waals surface area contributed by atoms with Gasteiger partial charge in [0, 0.05) is 11.4 Å². The molecule has 0 spiro atoms. The van der Waals surface area contributed by atoms with Crippen LogP contribution < -0.4 is 10.6 Å². The Bertz CT molecular complexity index is 393. The van der Waals surface area contributed by atoms with Gasteiger partial charge in [-0.05, 0) is 43.5 Å². The van der Waals surface area contributed by atoms with Crippen LogP contribution >= 0.6 is 0 Å². The van der Waals surface area contributed by atoms with E-state index < -0.39 is 0 Å². The van der Waals surface area contributed by atoms with Gasteiger partial charge < -0.3 is 15.4 Å². The summed E-state index contributed by atoms with van der Waals surface area (Å²) >= 11 is 0. The third-order valence-electron chi connectivity index (χ3n) is 3.72. The number of ether oxygens (including phenoxy) is 1. The largest absolute Gasteiger partial charge is 0.399 e. The first-order valence-corrected chi connectivity index (χ1v) is 5.89. The van der Waals surface area contributed by atoms with Crippen LogP contribution in [-0.4, -0.2) is 25.3 Å². The standard InChI is InChI=1S/C13H18N2O/c1-8-3-10(14)4-9(2)13(8)15-11-5-12(15)7-16-6-11/h3-4,11-12H,5-7,14H2,1-2H3. The molecule has 0 saturated carbocycles. The van der Waals surface area contributed by atoms with Crippen LogP contribution in [0.5, 0.6) is 0 Å². The molecular formula is C13H18N2O. The molecule has 0 aromatic heterocycles. The molecule has 0 amide bonds. The van der Waals surface area contributed by atoms with Crippen molar-refractivity contribution in [3.8, 4) is 0 Å². The molecule has 2 unspecified atom stereocenters. The molecule has 0 aliphatic carbocycles. The molecule has 2 aliphatic rings. The highest BCUT2D eigenvalue weighted by molar-refractivity contribution is 5.67. The fraction of sp³-hybridized carbons (Fsp3) is 0.538. The molecule has 3 nitrogen and oxygen atoms in total. The van der Waals surface area contributed by atoms with E-state index in [-0.39, 0.29) is 0 Å². The zero-order valence-corrected chi connectivity index (χ0v) is 9.86. The molecule has 16 heavy (non-hydrogen) atoms. The molecule has 0 radical (unpaired) electrons. The van der Waals surface area contributed by atoms with E-state index >= 15 is 0 Å². The van der Waals surface area contributed by atoms with E-state index in [0.717, 1.165) is 18.9 Å². The molecule has 2 bridgehead atoms. The zero-order valence-electron chi connectivity index (χ0n) is 9.86. The normalized spacial score (nSPS) is 27.8. The van der Waals surface area contributed by atoms with Crippen molar-refractivity contribution in [3.05, 3.63) is 23.3 Å². The van der Waals surface area contributed by atoms with Crippen LogP contribution in [0.15, 0.2) is 12.1 Å². The molecule has 2 fully saturated rings. The summed E-state index contributed by atoms with van der Waals surface area (Å²) < 4.78 is 5.52. The second-order valence-electron chi connectivity index (χ2n) is 4.99. The Balaban J connectivity index is 2.01. The van der Waals surface area contributed by atoms with Crippen LogP contribution in [0.2, 0.25) is 0 Å². The topological polar surface area (TPSA) is 38.5 Å². The molecule has 86 valence electrons. The summed E-state index contributed by atoms with van der Waals surface area (Å²) in [5.74, 6) is 0. The first-order valence-electron chi connectivity index (χ1n) is 5.89. The van der Waals surface area contributed by atoms with Gasteiger partial charge in [-0.1, -0.05) is 0 Å². The molecule has 3 rings (SSSR count). The third-order valence-corrected chi connectivity index (χ3v) is 3.72. The van der Waals surface area contributed by atoms with Crippen LogP contribution in [0.1, 0.15) is 17.5 Å². The van der Waals surface area contributed by atoms with Crippen molar-refractivity contribution in [2.45, 2.75) is 32.4 Å². The number of morpholine rings is 1. The van der Waals surface area contributed by atoms with E-state index in [1.54, 1.807) is 0 Å². The van der Waals surface area contributed by atoms with Gasteiger partial charge >= 0.3 is 0 Å². The molecule has 2 N–H and O–H groups in total. The number of anilines is 2. The van der Waals surface area contributed by atoms with Gasteiger partial charge in [-0.25, -0.2) is 0 Å². The summed E-state index contributed by atoms with van der Waals surface area (Å²) in [4.78, 5) is 2.52.